The highest BCUT2D eigenvalue weighted by molar-refractivity contribution is 5.43. The Balaban J connectivity index is 2.27. The molecule has 0 atom stereocenters. The zero-order valence-corrected chi connectivity index (χ0v) is 12.0. The van der Waals surface area contributed by atoms with E-state index in [2.05, 4.69) is 44.9 Å². The van der Waals surface area contributed by atoms with Gasteiger partial charge in [0.25, 0.3) is 0 Å². The monoisotopic (exact) mass is 247 g/mol. The van der Waals surface area contributed by atoms with Crippen LogP contribution in [-0.4, -0.2) is 18.6 Å². The van der Waals surface area contributed by atoms with Crippen LogP contribution in [0.1, 0.15) is 44.9 Å². The van der Waals surface area contributed by atoms with Gasteiger partial charge in [-0.3, -0.25) is 0 Å². The first-order valence-corrected chi connectivity index (χ1v) is 6.83. The maximum absolute atomic E-state index is 5.80. The van der Waals surface area contributed by atoms with E-state index in [-0.39, 0.29) is 5.41 Å². The van der Waals surface area contributed by atoms with Crippen LogP contribution in [0.25, 0.3) is 0 Å². The van der Waals surface area contributed by atoms with Gasteiger partial charge in [0.05, 0.1) is 0 Å². The highest BCUT2D eigenvalue weighted by atomic mass is 15.2. The zero-order valence-electron chi connectivity index (χ0n) is 12.0. The van der Waals surface area contributed by atoms with Crippen molar-refractivity contribution in [3.8, 4) is 0 Å². The van der Waals surface area contributed by atoms with E-state index in [0.29, 0.717) is 6.54 Å². The van der Waals surface area contributed by atoms with Crippen LogP contribution >= 0.6 is 0 Å². The molecule has 100 valence electrons. The first-order valence-electron chi connectivity index (χ1n) is 6.83. The smallest absolute Gasteiger partial charge is 0.128 e. The Morgan fingerprint density at radius 1 is 1.33 bits per heavy atom. The second kappa shape index (κ2) is 4.88. The topological polar surface area (TPSA) is 42.1 Å². The first kappa shape index (κ1) is 13.3. The molecule has 1 aromatic rings. The van der Waals surface area contributed by atoms with Gasteiger partial charge in [-0.25, -0.2) is 4.98 Å². The number of nitrogens with zero attached hydrogens (tertiary/aromatic N) is 2. The Morgan fingerprint density at radius 3 is 2.50 bits per heavy atom. The molecule has 0 radical (unpaired) electrons. The summed E-state index contributed by atoms with van der Waals surface area (Å²) >= 11 is 0. The summed E-state index contributed by atoms with van der Waals surface area (Å²) in [6.07, 6.45) is 2.74. The molecule has 1 aliphatic carbocycles. The third-order valence-electron chi connectivity index (χ3n) is 3.50. The second-order valence-electron chi connectivity index (χ2n) is 6.50. The van der Waals surface area contributed by atoms with Crippen LogP contribution in [0.5, 0.6) is 0 Å². The molecule has 1 aliphatic rings. The Kier molecular flexibility index (Phi) is 3.62. The number of anilines is 1. The molecule has 0 unspecified atom stereocenters. The van der Waals surface area contributed by atoms with Crippen LogP contribution in [0.3, 0.4) is 0 Å². The third kappa shape index (κ3) is 3.22. The van der Waals surface area contributed by atoms with Crippen molar-refractivity contribution < 1.29 is 0 Å². The SMILES string of the molecule is CN(CC1CC1)c1cc(CN)cc(C(C)(C)C)n1. The number of hydrogen-bond donors (Lipinski definition) is 1. The van der Waals surface area contributed by atoms with Gasteiger partial charge in [0.1, 0.15) is 5.82 Å². The molecule has 0 amide bonds. The fourth-order valence-electron chi connectivity index (χ4n) is 2.05. The predicted molar refractivity (Wildman–Crippen MR) is 76.8 cm³/mol. The summed E-state index contributed by atoms with van der Waals surface area (Å²) in [5.74, 6) is 1.94. The van der Waals surface area contributed by atoms with Gasteiger partial charge >= 0.3 is 0 Å². The number of rotatable bonds is 4. The fraction of sp³-hybridized carbons (Fsp3) is 0.667. The summed E-state index contributed by atoms with van der Waals surface area (Å²) in [6, 6.07) is 4.26. The molecule has 1 saturated carbocycles. The van der Waals surface area contributed by atoms with Crippen molar-refractivity contribution in [2.45, 2.75) is 45.6 Å². The minimum atomic E-state index is 0.0698. The minimum absolute atomic E-state index is 0.0698. The molecule has 2 rings (SSSR count). The summed E-state index contributed by atoms with van der Waals surface area (Å²) in [4.78, 5) is 7.07. The molecule has 1 aromatic heterocycles. The Hall–Kier alpha value is -1.09. The first-order chi connectivity index (χ1) is 8.40. The van der Waals surface area contributed by atoms with Crippen molar-refractivity contribution in [2.24, 2.45) is 11.7 Å². The molecule has 1 fully saturated rings. The lowest BCUT2D eigenvalue weighted by Crippen LogP contribution is -2.24. The van der Waals surface area contributed by atoms with Gasteiger partial charge in [-0.2, -0.15) is 0 Å². The van der Waals surface area contributed by atoms with Crippen LogP contribution in [0.4, 0.5) is 5.82 Å². The van der Waals surface area contributed by atoms with Crippen LogP contribution in [0.15, 0.2) is 12.1 Å². The summed E-state index contributed by atoms with van der Waals surface area (Å²) in [5, 5.41) is 0. The van der Waals surface area contributed by atoms with Crippen molar-refractivity contribution in [2.75, 3.05) is 18.5 Å². The van der Waals surface area contributed by atoms with E-state index in [4.69, 9.17) is 10.7 Å². The van der Waals surface area contributed by atoms with Crippen LogP contribution in [0.2, 0.25) is 0 Å². The van der Waals surface area contributed by atoms with Gasteiger partial charge in [0.2, 0.25) is 0 Å². The average Bonchev–Trinajstić information content (AvgIpc) is 3.11. The Morgan fingerprint density at radius 2 is 2.00 bits per heavy atom. The number of pyridine rings is 1. The highest BCUT2D eigenvalue weighted by Crippen LogP contribution is 2.31. The van der Waals surface area contributed by atoms with Crippen molar-refractivity contribution in [3.05, 3.63) is 23.4 Å². The molecular formula is C15H25N3. The van der Waals surface area contributed by atoms with Crippen LogP contribution in [0, 0.1) is 5.92 Å². The van der Waals surface area contributed by atoms with Crippen molar-refractivity contribution >= 4 is 5.82 Å². The van der Waals surface area contributed by atoms with E-state index < -0.39 is 0 Å². The van der Waals surface area contributed by atoms with Gasteiger partial charge in [0.15, 0.2) is 0 Å². The summed E-state index contributed by atoms with van der Waals surface area (Å²) in [7, 11) is 2.13. The summed E-state index contributed by atoms with van der Waals surface area (Å²) in [5.41, 5.74) is 8.17. The van der Waals surface area contributed by atoms with Gasteiger partial charge in [0, 0.05) is 31.2 Å². The molecule has 0 bridgehead atoms. The van der Waals surface area contributed by atoms with E-state index >= 15 is 0 Å². The van der Waals surface area contributed by atoms with E-state index in [1.54, 1.807) is 0 Å². The van der Waals surface area contributed by atoms with E-state index in [1.807, 2.05) is 0 Å². The quantitative estimate of drug-likeness (QED) is 0.889. The number of hydrogen-bond acceptors (Lipinski definition) is 3. The Labute approximate surface area is 110 Å². The fourth-order valence-corrected chi connectivity index (χ4v) is 2.05. The predicted octanol–water partition coefficient (Wildman–Crippen LogP) is 2.68. The molecule has 2 N–H and O–H groups in total. The Bertz CT molecular complexity index is 416. The second-order valence-corrected chi connectivity index (χ2v) is 6.50. The molecule has 0 aromatic carbocycles. The van der Waals surface area contributed by atoms with Crippen molar-refractivity contribution in [1.29, 1.82) is 0 Å². The van der Waals surface area contributed by atoms with Gasteiger partial charge < -0.3 is 10.6 Å². The molecule has 3 nitrogen and oxygen atoms in total. The summed E-state index contributed by atoms with van der Waals surface area (Å²) < 4.78 is 0. The van der Waals surface area contributed by atoms with E-state index in [9.17, 15) is 0 Å². The molecule has 3 heteroatoms. The van der Waals surface area contributed by atoms with Crippen molar-refractivity contribution in [3.63, 3.8) is 0 Å². The van der Waals surface area contributed by atoms with Crippen LogP contribution < -0.4 is 10.6 Å². The molecule has 0 spiro atoms. The normalized spacial score (nSPS) is 15.8. The number of aromatic nitrogens is 1. The van der Waals surface area contributed by atoms with Gasteiger partial charge in [-0.15, -0.1) is 0 Å². The largest absolute Gasteiger partial charge is 0.359 e. The third-order valence-corrected chi connectivity index (χ3v) is 3.50. The molecule has 0 saturated heterocycles. The van der Waals surface area contributed by atoms with Crippen LogP contribution in [-0.2, 0) is 12.0 Å². The standard InChI is InChI=1S/C15H25N3/c1-15(2,3)13-7-12(9-16)8-14(17-13)18(4)10-11-5-6-11/h7-8,11H,5-6,9-10,16H2,1-4H3. The maximum atomic E-state index is 5.80. The molecular weight excluding hydrogens is 222 g/mol. The lowest BCUT2D eigenvalue weighted by atomic mass is 9.90. The van der Waals surface area contributed by atoms with E-state index in [0.717, 1.165) is 24.0 Å². The number of nitrogens with two attached hydrogens (primary N) is 1. The summed E-state index contributed by atoms with van der Waals surface area (Å²) in [6.45, 7) is 8.28. The lowest BCUT2D eigenvalue weighted by molar-refractivity contribution is 0.566. The zero-order chi connectivity index (χ0) is 13.3. The average molecular weight is 247 g/mol. The van der Waals surface area contributed by atoms with E-state index in [1.165, 1.54) is 18.4 Å². The molecule has 1 heterocycles. The lowest BCUT2D eigenvalue weighted by Gasteiger charge is -2.24. The molecule has 0 aliphatic heterocycles. The maximum Gasteiger partial charge on any atom is 0.128 e. The van der Waals surface area contributed by atoms with Gasteiger partial charge in [-0.1, -0.05) is 20.8 Å². The minimum Gasteiger partial charge on any atom is -0.359 e. The highest BCUT2D eigenvalue weighted by Gasteiger charge is 2.24. The molecule has 18 heavy (non-hydrogen) atoms. The van der Waals surface area contributed by atoms with Gasteiger partial charge in [-0.05, 0) is 36.5 Å². The van der Waals surface area contributed by atoms with Crippen molar-refractivity contribution in [1.82, 2.24) is 4.98 Å².